The van der Waals surface area contributed by atoms with E-state index in [4.69, 9.17) is 0 Å². The molecule has 0 bridgehead atoms. The Balaban J connectivity index is 1.65. The normalized spacial score (nSPS) is 26.2. The molecule has 2 fully saturated rings. The van der Waals surface area contributed by atoms with Crippen LogP contribution < -0.4 is 0 Å². The third kappa shape index (κ3) is 2.78. The predicted octanol–water partition coefficient (Wildman–Crippen LogP) is 0.213. The van der Waals surface area contributed by atoms with E-state index in [0.717, 1.165) is 38.4 Å². The number of hydrogen-bond acceptors (Lipinski definition) is 3. The van der Waals surface area contributed by atoms with E-state index < -0.39 is 0 Å². The molecule has 0 atom stereocenters. The van der Waals surface area contributed by atoms with Gasteiger partial charge in [-0.05, 0) is 18.8 Å². The van der Waals surface area contributed by atoms with Crippen LogP contribution in [0.25, 0.3) is 0 Å². The van der Waals surface area contributed by atoms with Gasteiger partial charge in [0.05, 0.1) is 6.54 Å². The Bertz CT molecular complexity index is 172. The summed E-state index contributed by atoms with van der Waals surface area (Å²) in [6.45, 7) is 6.39. The van der Waals surface area contributed by atoms with Gasteiger partial charge in [-0.3, -0.25) is 4.90 Å². The summed E-state index contributed by atoms with van der Waals surface area (Å²) >= 11 is 0. The molecule has 13 heavy (non-hydrogen) atoms. The quantitative estimate of drug-likeness (QED) is 0.581. The molecule has 0 N–H and O–H groups in total. The number of nitrogens with zero attached hydrogens (tertiary/aromatic N) is 2. The van der Waals surface area contributed by atoms with Crippen molar-refractivity contribution in [2.45, 2.75) is 12.8 Å². The van der Waals surface area contributed by atoms with Crippen molar-refractivity contribution in [2.24, 2.45) is 5.92 Å². The highest BCUT2D eigenvalue weighted by atomic mass is 16.1. The maximum Gasteiger partial charge on any atom is 0.133 e. The van der Waals surface area contributed by atoms with Crippen LogP contribution in [0.4, 0.5) is 0 Å². The smallest absolute Gasteiger partial charge is 0.133 e. The molecule has 1 heterocycles. The molecule has 0 amide bonds. The first-order chi connectivity index (χ1) is 6.38. The molecule has 0 radical (unpaired) electrons. The molecule has 1 saturated carbocycles. The van der Waals surface area contributed by atoms with Crippen LogP contribution >= 0.6 is 0 Å². The third-order valence-corrected chi connectivity index (χ3v) is 3.01. The molecule has 3 heteroatoms. The fraction of sp³-hybridized carbons (Fsp3) is 0.900. The van der Waals surface area contributed by atoms with Crippen LogP contribution in [-0.4, -0.2) is 55.4 Å². The van der Waals surface area contributed by atoms with Gasteiger partial charge in [-0.2, -0.15) is 0 Å². The number of aldehydes is 1. The van der Waals surface area contributed by atoms with Crippen molar-refractivity contribution in [3.05, 3.63) is 0 Å². The van der Waals surface area contributed by atoms with E-state index in [-0.39, 0.29) is 0 Å². The Morgan fingerprint density at radius 2 is 1.69 bits per heavy atom. The number of piperazine rings is 1. The monoisotopic (exact) mass is 182 g/mol. The van der Waals surface area contributed by atoms with Gasteiger partial charge < -0.3 is 9.69 Å². The fourth-order valence-corrected chi connectivity index (χ4v) is 1.93. The van der Waals surface area contributed by atoms with E-state index in [1.54, 1.807) is 0 Å². The second-order valence-electron chi connectivity index (χ2n) is 4.21. The van der Waals surface area contributed by atoms with Gasteiger partial charge in [0.1, 0.15) is 6.29 Å². The number of rotatable bonds is 4. The maximum absolute atomic E-state index is 10.3. The van der Waals surface area contributed by atoms with Crippen LogP contribution in [0, 0.1) is 5.92 Å². The maximum atomic E-state index is 10.3. The lowest BCUT2D eigenvalue weighted by Gasteiger charge is -2.33. The number of carbonyl (C=O) groups excluding carboxylic acids is 1. The first-order valence-corrected chi connectivity index (χ1v) is 5.27. The highest BCUT2D eigenvalue weighted by Crippen LogP contribution is 2.29. The van der Waals surface area contributed by atoms with E-state index in [1.807, 2.05) is 0 Å². The zero-order chi connectivity index (χ0) is 9.10. The van der Waals surface area contributed by atoms with Gasteiger partial charge in [-0.15, -0.1) is 0 Å². The molecule has 2 aliphatic rings. The summed E-state index contributed by atoms with van der Waals surface area (Å²) in [6, 6.07) is 0. The van der Waals surface area contributed by atoms with Crippen molar-refractivity contribution in [1.29, 1.82) is 0 Å². The van der Waals surface area contributed by atoms with E-state index in [1.165, 1.54) is 19.4 Å². The molecule has 3 nitrogen and oxygen atoms in total. The van der Waals surface area contributed by atoms with Crippen molar-refractivity contribution >= 4 is 6.29 Å². The minimum absolute atomic E-state index is 0.622. The standard InChI is InChI=1S/C10H18N2O/c13-8-7-11-3-5-12(6-4-11)9-10-1-2-10/h8,10H,1-7,9H2. The van der Waals surface area contributed by atoms with Crippen molar-refractivity contribution in [1.82, 2.24) is 9.80 Å². The Morgan fingerprint density at radius 3 is 2.23 bits per heavy atom. The molecule has 0 aromatic carbocycles. The van der Waals surface area contributed by atoms with E-state index >= 15 is 0 Å². The van der Waals surface area contributed by atoms with Crippen molar-refractivity contribution in [2.75, 3.05) is 39.3 Å². The molecule has 2 rings (SSSR count). The Morgan fingerprint density at radius 1 is 1.08 bits per heavy atom. The minimum atomic E-state index is 0.622. The van der Waals surface area contributed by atoms with Crippen LogP contribution in [0.15, 0.2) is 0 Å². The van der Waals surface area contributed by atoms with Gasteiger partial charge >= 0.3 is 0 Å². The van der Waals surface area contributed by atoms with E-state index in [0.29, 0.717) is 6.54 Å². The van der Waals surface area contributed by atoms with Crippen molar-refractivity contribution in [3.8, 4) is 0 Å². The van der Waals surface area contributed by atoms with Crippen LogP contribution in [0.2, 0.25) is 0 Å². The fourth-order valence-electron chi connectivity index (χ4n) is 1.93. The summed E-state index contributed by atoms with van der Waals surface area (Å²) in [7, 11) is 0. The average Bonchev–Trinajstić information content (AvgIpc) is 2.93. The zero-order valence-corrected chi connectivity index (χ0v) is 8.11. The van der Waals surface area contributed by atoms with Crippen LogP contribution in [-0.2, 0) is 4.79 Å². The number of hydrogen-bond donors (Lipinski definition) is 0. The molecule has 0 spiro atoms. The second kappa shape index (κ2) is 4.20. The molecule has 74 valence electrons. The molecule has 0 aromatic rings. The molecule has 1 aliphatic heterocycles. The van der Waals surface area contributed by atoms with Gasteiger partial charge in [-0.25, -0.2) is 0 Å². The van der Waals surface area contributed by atoms with E-state index in [9.17, 15) is 4.79 Å². The lowest BCUT2D eigenvalue weighted by atomic mass is 10.3. The van der Waals surface area contributed by atoms with Gasteiger partial charge in [0.15, 0.2) is 0 Å². The van der Waals surface area contributed by atoms with Crippen molar-refractivity contribution < 1.29 is 4.79 Å². The summed E-state index contributed by atoms with van der Waals surface area (Å²) in [5.74, 6) is 0.998. The highest BCUT2D eigenvalue weighted by Gasteiger charge is 2.25. The summed E-state index contributed by atoms with van der Waals surface area (Å²) in [6.07, 6.45) is 3.89. The van der Waals surface area contributed by atoms with E-state index in [2.05, 4.69) is 9.80 Å². The SMILES string of the molecule is O=CCN1CCN(CC2CC2)CC1. The highest BCUT2D eigenvalue weighted by molar-refractivity contribution is 5.51. The first kappa shape index (κ1) is 9.16. The van der Waals surface area contributed by atoms with Crippen LogP contribution in [0.5, 0.6) is 0 Å². The predicted molar refractivity (Wildman–Crippen MR) is 51.7 cm³/mol. The molecule has 0 unspecified atom stereocenters. The minimum Gasteiger partial charge on any atom is -0.302 e. The topological polar surface area (TPSA) is 23.6 Å². The zero-order valence-electron chi connectivity index (χ0n) is 8.11. The Kier molecular flexibility index (Phi) is 2.96. The van der Waals surface area contributed by atoms with Gasteiger partial charge in [-0.1, -0.05) is 0 Å². The van der Waals surface area contributed by atoms with Crippen molar-refractivity contribution in [3.63, 3.8) is 0 Å². The first-order valence-electron chi connectivity index (χ1n) is 5.27. The summed E-state index contributed by atoms with van der Waals surface area (Å²) < 4.78 is 0. The largest absolute Gasteiger partial charge is 0.302 e. The second-order valence-corrected chi connectivity index (χ2v) is 4.21. The number of carbonyl (C=O) groups is 1. The van der Waals surface area contributed by atoms with Gasteiger partial charge in [0, 0.05) is 32.7 Å². The molecule has 0 aromatic heterocycles. The molecular formula is C10H18N2O. The van der Waals surface area contributed by atoms with Gasteiger partial charge in [0.2, 0.25) is 0 Å². The Hall–Kier alpha value is -0.410. The lowest BCUT2D eigenvalue weighted by Crippen LogP contribution is -2.47. The lowest BCUT2D eigenvalue weighted by molar-refractivity contribution is -0.109. The third-order valence-electron chi connectivity index (χ3n) is 3.01. The Labute approximate surface area is 79.7 Å². The molecule has 1 saturated heterocycles. The average molecular weight is 182 g/mol. The summed E-state index contributed by atoms with van der Waals surface area (Å²) in [4.78, 5) is 15.1. The summed E-state index contributed by atoms with van der Waals surface area (Å²) in [5.41, 5.74) is 0. The van der Waals surface area contributed by atoms with Crippen LogP contribution in [0.1, 0.15) is 12.8 Å². The molecular weight excluding hydrogens is 164 g/mol. The van der Waals surface area contributed by atoms with Gasteiger partial charge in [0.25, 0.3) is 0 Å². The van der Waals surface area contributed by atoms with Crippen LogP contribution in [0.3, 0.4) is 0 Å². The summed E-state index contributed by atoms with van der Waals surface area (Å²) in [5, 5.41) is 0. The molecule has 1 aliphatic carbocycles.